The summed E-state index contributed by atoms with van der Waals surface area (Å²) in [5.41, 5.74) is -0.363. The first-order valence-electron chi connectivity index (χ1n) is 17.5. The third kappa shape index (κ3) is 9.38. The second-order valence-corrected chi connectivity index (χ2v) is 14.3. The van der Waals surface area contributed by atoms with E-state index in [0.29, 0.717) is 22.1 Å². The third-order valence-electron chi connectivity index (χ3n) is 8.83. The summed E-state index contributed by atoms with van der Waals surface area (Å²) in [4.78, 5) is 62.6. The predicted octanol–water partition coefficient (Wildman–Crippen LogP) is 5.55. The fourth-order valence-electron chi connectivity index (χ4n) is 6.16. The molecule has 3 aromatic carbocycles. The summed E-state index contributed by atoms with van der Waals surface area (Å²) in [6, 6.07) is 12.0. The second kappa shape index (κ2) is 16.8. The number of benzene rings is 3. The van der Waals surface area contributed by atoms with Gasteiger partial charge in [-0.05, 0) is 89.2 Å². The predicted molar refractivity (Wildman–Crippen MR) is 210 cm³/mol. The van der Waals surface area contributed by atoms with Gasteiger partial charge in [0.15, 0.2) is 5.82 Å². The van der Waals surface area contributed by atoms with Crippen LogP contribution in [0.3, 0.4) is 0 Å². The number of fused-ring (bicyclic) bond motifs is 1. The highest BCUT2D eigenvalue weighted by Gasteiger charge is 2.36. The number of rotatable bonds is 10. The van der Waals surface area contributed by atoms with Crippen molar-refractivity contribution >= 4 is 51.9 Å². The molecule has 0 radical (unpaired) electrons. The lowest BCUT2D eigenvalue weighted by Gasteiger charge is -2.40. The molecular weight excluding hydrogens is 737 g/mol. The largest absolute Gasteiger partial charge is 0.497 e. The highest BCUT2D eigenvalue weighted by molar-refractivity contribution is 6.31. The van der Waals surface area contributed by atoms with Crippen LogP contribution < -0.4 is 35.6 Å². The number of anilines is 2. The van der Waals surface area contributed by atoms with E-state index in [1.54, 1.807) is 69.1 Å². The Morgan fingerprint density at radius 3 is 2.25 bits per heavy atom. The average Bonchev–Trinajstić information content (AvgIpc) is 3.13. The molecule has 4 amide bonds. The molecule has 4 aromatic rings. The third-order valence-corrected chi connectivity index (χ3v) is 9.06. The fraction of sp³-hybridized carbons (Fsp3) is 0.395. The first kappa shape index (κ1) is 40.6. The van der Waals surface area contributed by atoms with E-state index in [1.807, 2.05) is 0 Å². The zero-order chi connectivity index (χ0) is 40.2. The first-order chi connectivity index (χ1) is 26.0. The number of nitrogens with one attached hydrogen (secondary N) is 2. The van der Waals surface area contributed by atoms with Crippen LogP contribution in [0, 0.1) is 5.82 Å². The molecule has 1 unspecified atom stereocenters. The summed E-state index contributed by atoms with van der Waals surface area (Å²) in [6.45, 7) is 8.63. The Labute approximate surface area is 325 Å². The number of aliphatic hydroxyl groups is 1. The number of piperazine rings is 1. The van der Waals surface area contributed by atoms with Gasteiger partial charge in [0, 0.05) is 32.7 Å². The van der Waals surface area contributed by atoms with E-state index in [1.165, 1.54) is 59.9 Å². The molecule has 0 bridgehead atoms. The Hall–Kier alpha value is -5.61. The van der Waals surface area contributed by atoms with Crippen LogP contribution in [-0.2, 0) is 9.53 Å². The van der Waals surface area contributed by atoms with Crippen molar-refractivity contribution in [3.05, 3.63) is 87.7 Å². The Morgan fingerprint density at radius 1 is 0.982 bits per heavy atom. The molecule has 298 valence electrons. The molecule has 3 N–H and O–H groups in total. The van der Waals surface area contributed by atoms with Crippen LogP contribution in [0.4, 0.5) is 25.4 Å². The Bertz CT molecular complexity index is 2110. The molecule has 0 saturated carbocycles. The summed E-state index contributed by atoms with van der Waals surface area (Å²) in [7, 11) is 2.94. The number of aromatic nitrogens is 2. The van der Waals surface area contributed by atoms with Crippen LogP contribution in [0.5, 0.6) is 11.5 Å². The standard InChI is InChI=1S/C38H45ClFN7O8.2H2/c1-22(46(30-15-13-27(53-6)21-31(30)54-7)36(51)41-26-11-9-25(40)10-12-26)33-42-29-20-24(39)8-14-28(29)34(49)47(33)45-18-16-44(17-19-45)35(50)32(23(2)48)43-37(52)55-38(3,4)5;;/h8-15,20-23,32,48H,16-19H2,1-7H3,(H,41,51)(H,43,52);2*1H/t22?,23-,32-;;/m0../s1. The summed E-state index contributed by atoms with van der Waals surface area (Å²) >= 11 is 6.35. The average molecular weight is 786 g/mol. The van der Waals surface area contributed by atoms with Crippen LogP contribution in [0.1, 0.15) is 49.3 Å². The number of methoxy groups -OCH3 is 2. The van der Waals surface area contributed by atoms with Crippen LogP contribution in [0.15, 0.2) is 65.5 Å². The van der Waals surface area contributed by atoms with Crippen LogP contribution in [0.25, 0.3) is 10.9 Å². The summed E-state index contributed by atoms with van der Waals surface area (Å²) in [6.07, 6.45) is -2.08. The summed E-state index contributed by atoms with van der Waals surface area (Å²) in [5, 5.41) is 18.1. The van der Waals surface area contributed by atoms with Gasteiger partial charge in [0.1, 0.15) is 29.0 Å². The van der Waals surface area contributed by atoms with Gasteiger partial charge in [-0.15, -0.1) is 0 Å². The maximum atomic E-state index is 14.4. The number of carbonyl (C=O) groups excluding carboxylic acids is 3. The van der Waals surface area contributed by atoms with Crippen molar-refractivity contribution in [3.63, 3.8) is 0 Å². The van der Waals surface area contributed by atoms with Crippen molar-refractivity contribution in [3.8, 4) is 11.5 Å². The van der Waals surface area contributed by atoms with Gasteiger partial charge in [-0.3, -0.25) is 14.5 Å². The van der Waals surface area contributed by atoms with Crippen molar-refractivity contribution < 1.29 is 40.9 Å². The molecule has 1 fully saturated rings. The Morgan fingerprint density at radius 2 is 1.65 bits per heavy atom. The lowest BCUT2D eigenvalue weighted by molar-refractivity contribution is -0.136. The second-order valence-electron chi connectivity index (χ2n) is 13.9. The number of urea groups is 1. The summed E-state index contributed by atoms with van der Waals surface area (Å²) in [5.74, 6) is -0.110. The molecular formula is C38H49ClFN7O8. The van der Waals surface area contributed by atoms with Crippen LogP contribution >= 0.6 is 11.6 Å². The molecule has 1 aromatic heterocycles. The van der Waals surface area contributed by atoms with Crippen LogP contribution in [0.2, 0.25) is 5.02 Å². The lowest BCUT2D eigenvalue weighted by Crippen LogP contribution is -2.61. The van der Waals surface area contributed by atoms with E-state index in [2.05, 4.69) is 10.6 Å². The molecule has 2 heterocycles. The van der Waals surface area contributed by atoms with Crippen molar-refractivity contribution in [2.24, 2.45) is 0 Å². The minimum atomic E-state index is -1.28. The fourth-order valence-corrected chi connectivity index (χ4v) is 6.32. The number of alkyl carbamates (subject to hydrolysis) is 1. The van der Waals surface area contributed by atoms with Gasteiger partial charge < -0.3 is 39.9 Å². The zero-order valence-electron chi connectivity index (χ0n) is 31.6. The van der Waals surface area contributed by atoms with Crippen LogP contribution in [-0.4, -0.2) is 95.8 Å². The molecule has 0 spiro atoms. The van der Waals surface area contributed by atoms with Crippen molar-refractivity contribution in [1.29, 1.82) is 0 Å². The smallest absolute Gasteiger partial charge is 0.408 e. The minimum absolute atomic E-state index is 0. The molecule has 5 rings (SSSR count). The summed E-state index contributed by atoms with van der Waals surface area (Å²) < 4.78 is 31.5. The maximum absolute atomic E-state index is 14.4. The number of aliphatic hydroxyl groups excluding tert-OH is 1. The van der Waals surface area contributed by atoms with Crippen molar-refractivity contribution in [1.82, 2.24) is 19.9 Å². The minimum Gasteiger partial charge on any atom is -0.497 e. The van der Waals surface area contributed by atoms with E-state index in [9.17, 15) is 28.7 Å². The number of hydrogen-bond acceptors (Lipinski definition) is 10. The van der Waals surface area contributed by atoms with E-state index < -0.39 is 53.2 Å². The number of carbonyl (C=O) groups is 3. The SMILES string of the molecule is COc1ccc(N(C(=O)Nc2ccc(F)cc2)C(C)c2nc3cc(Cl)ccc3c(=O)n2N2CCN(C(=O)[C@@H](NC(=O)OC(C)(C)C)[C@H](C)O)CC2)c(OC)c1.[HH].[HH]. The van der Waals surface area contributed by atoms with Gasteiger partial charge in [0.2, 0.25) is 5.91 Å². The monoisotopic (exact) mass is 785 g/mol. The van der Waals surface area contributed by atoms with E-state index in [-0.39, 0.29) is 51.5 Å². The quantitative estimate of drug-likeness (QED) is 0.185. The topological polar surface area (TPSA) is 168 Å². The number of ether oxygens (including phenoxy) is 3. The highest BCUT2D eigenvalue weighted by atomic mass is 35.5. The Balaban J connectivity index is 0.00000435. The van der Waals surface area contributed by atoms with Gasteiger partial charge in [-0.2, -0.15) is 0 Å². The van der Waals surface area contributed by atoms with E-state index in [0.717, 1.165) is 0 Å². The number of hydrogen-bond donors (Lipinski definition) is 3. The van der Waals surface area contributed by atoms with Gasteiger partial charge in [0.05, 0.1) is 56.0 Å². The van der Waals surface area contributed by atoms with E-state index >= 15 is 0 Å². The molecule has 1 saturated heterocycles. The van der Waals surface area contributed by atoms with Gasteiger partial charge in [-0.1, -0.05) is 11.6 Å². The number of amides is 4. The molecule has 3 atom stereocenters. The maximum Gasteiger partial charge on any atom is 0.408 e. The molecule has 17 heteroatoms. The molecule has 0 aliphatic carbocycles. The Kier molecular flexibility index (Phi) is 12.4. The van der Waals surface area contributed by atoms with Gasteiger partial charge in [-0.25, -0.2) is 23.6 Å². The highest BCUT2D eigenvalue weighted by Crippen LogP contribution is 2.37. The van der Waals surface area contributed by atoms with Gasteiger partial charge >= 0.3 is 12.1 Å². The first-order valence-corrected chi connectivity index (χ1v) is 17.9. The molecule has 1 aliphatic rings. The molecule has 55 heavy (non-hydrogen) atoms. The lowest BCUT2D eigenvalue weighted by atomic mass is 10.1. The molecule has 15 nitrogen and oxygen atoms in total. The van der Waals surface area contributed by atoms with Gasteiger partial charge in [0.25, 0.3) is 5.56 Å². The number of halogens is 2. The zero-order valence-corrected chi connectivity index (χ0v) is 32.4. The number of nitrogens with zero attached hydrogens (tertiary/aromatic N) is 5. The van der Waals surface area contributed by atoms with Crippen molar-refractivity contribution in [2.75, 3.05) is 55.6 Å². The normalized spacial score (nSPS) is 14.8. The van der Waals surface area contributed by atoms with Crippen molar-refractivity contribution in [2.45, 2.75) is 58.4 Å². The van der Waals surface area contributed by atoms with E-state index in [4.69, 9.17) is 30.8 Å². The molecule has 1 aliphatic heterocycles.